The summed E-state index contributed by atoms with van der Waals surface area (Å²) in [6, 6.07) is 6.00. The standard InChI is InChI=1S/C16H13NO4/c18-14-12-8-4-5-9(6-8)13(12)15(19)17(14)11-3-1-2-10(7-11)16(20)21/h1-5,7-9,12-13H,6H2,(H,20,21)/t8-,9+,12-,13+. The van der Waals surface area contributed by atoms with Gasteiger partial charge in [-0.1, -0.05) is 18.2 Å². The molecule has 0 unspecified atom stereocenters. The van der Waals surface area contributed by atoms with Crippen LogP contribution in [-0.2, 0) is 9.59 Å². The Morgan fingerprint density at radius 1 is 1.10 bits per heavy atom. The fourth-order valence-electron chi connectivity index (χ4n) is 3.93. The molecule has 5 nitrogen and oxygen atoms in total. The average Bonchev–Trinajstić information content (AvgIpc) is 3.13. The number of anilines is 1. The van der Waals surface area contributed by atoms with Crippen molar-refractivity contribution in [2.24, 2.45) is 23.7 Å². The Morgan fingerprint density at radius 2 is 1.71 bits per heavy atom. The number of nitrogens with zero attached hydrogens (tertiary/aromatic N) is 1. The van der Waals surface area contributed by atoms with Crippen LogP contribution in [0.25, 0.3) is 0 Å². The molecule has 2 bridgehead atoms. The number of imide groups is 1. The highest BCUT2D eigenvalue weighted by Crippen LogP contribution is 2.53. The third-order valence-corrected chi connectivity index (χ3v) is 4.82. The van der Waals surface area contributed by atoms with Gasteiger partial charge < -0.3 is 5.11 Å². The Hall–Kier alpha value is -2.43. The minimum atomic E-state index is -1.07. The molecule has 1 aliphatic heterocycles. The van der Waals surface area contributed by atoms with Gasteiger partial charge in [-0.2, -0.15) is 0 Å². The number of amides is 2. The topological polar surface area (TPSA) is 74.7 Å². The Labute approximate surface area is 120 Å². The molecule has 0 radical (unpaired) electrons. The minimum absolute atomic E-state index is 0.0752. The van der Waals surface area contributed by atoms with Crippen molar-refractivity contribution in [2.75, 3.05) is 4.90 Å². The van der Waals surface area contributed by atoms with Crippen molar-refractivity contribution in [1.29, 1.82) is 0 Å². The molecule has 4 rings (SSSR count). The molecule has 0 spiro atoms. The number of aromatic carboxylic acids is 1. The van der Waals surface area contributed by atoms with Gasteiger partial charge in [0.2, 0.25) is 11.8 Å². The number of rotatable bonds is 2. The molecule has 2 amide bonds. The lowest BCUT2D eigenvalue weighted by Crippen LogP contribution is -2.32. The number of fused-ring (bicyclic) bond motifs is 5. The molecule has 2 aliphatic carbocycles. The Kier molecular flexibility index (Phi) is 2.37. The zero-order chi connectivity index (χ0) is 14.7. The lowest BCUT2D eigenvalue weighted by atomic mass is 9.85. The maximum Gasteiger partial charge on any atom is 0.335 e. The van der Waals surface area contributed by atoms with Gasteiger partial charge in [0.05, 0.1) is 23.1 Å². The van der Waals surface area contributed by atoms with E-state index in [0.717, 1.165) is 6.42 Å². The number of carbonyl (C=O) groups is 3. The zero-order valence-corrected chi connectivity index (χ0v) is 11.1. The van der Waals surface area contributed by atoms with Crippen molar-refractivity contribution >= 4 is 23.5 Å². The van der Waals surface area contributed by atoms with E-state index in [1.165, 1.54) is 17.0 Å². The number of benzene rings is 1. The Balaban J connectivity index is 1.74. The molecule has 1 aromatic rings. The summed E-state index contributed by atoms with van der Waals surface area (Å²) < 4.78 is 0. The number of carbonyl (C=O) groups excluding carboxylic acids is 2. The van der Waals surface area contributed by atoms with Crippen LogP contribution in [0.1, 0.15) is 16.8 Å². The summed E-state index contributed by atoms with van der Waals surface area (Å²) in [5.41, 5.74) is 0.435. The van der Waals surface area contributed by atoms with E-state index in [4.69, 9.17) is 5.11 Å². The first-order valence-corrected chi connectivity index (χ1v) is 6.97. The van der Waals surface area contributed by atoms with Crippen LogP contribution in [0.4, 0.5) is 5.69 Å². The highest BCUT2D eigenvalue weighted by atomic mass is 16.4. The second-order valence-corrected chi connectivity index (χ2v) is 5.87. The van der Waals surface area contributed by atoms with Gasteiger partial charge in [-0.25, -0.2) is 9.69 Å². The number of carboxylic acids is 1. The fourth-order valence-corrected chi connectivity index (χ4v) is 3.93. The van der Waals surface area contributed by atoms with E-state index in [0.29, 0.717) is 5.69 Å². The van der Waals surface area contributed by atoms with Crippen LogP contribution < -0.4 is 4.90 Å². The van der Waals surface area contributed by atoms with Crippen molar-refractivity contribution in [3.8, 4) is 0 Å². The normalized spacial score (nSPS) is 32.9. The lowest BCUT2D eigenvalue weighted by molar-refractivity contribution is -0.123. The molecule has 4 atom stereocenters. The van der Waals surface area contributed by atoms with Crippen LogP contribution in [-0.4, -0.2) is 22.9 Å². The third kappa shape index (κ3) is 1.54. The lowest BCUT2D eigenvalue weighted by Gasteiger charge is -2.17. The average molecular weight is 283 g/mol. The van der Waals surface area contributed by atoms with Gasteiger partial charge in [0.25, 0.3) is 0 Å². The predicted molar refractivity (Wildman–Crippen MR) is 73.6 cm³/mol. The quantitative estimate of drug-likeness (QED) is 0.662. The number of hydrogen-bond donors (Lipinski definition) is 1. The summed E-state index contributed by atoms with van der Waals surface area (Å²) in [7, 11) is 0. The minimum Gasteiger partial charge on any atom is -0.478 e. The van der Waals surface area contributed by atoms with Crippen LogP contribution in [0.3, 0.4) is 0 Å². The van der Waals surface area contributed by atoms with Crippen molar-refractivity contribution in [3.05, 3.63) is 42.0 Å². The molecule has 1 saturated carbocycles. The molecule has 0 aromatic heterocycles. The number of carboxylic acid groups (broad SMARTS) is 1. The highest BCUT2D eigenvalue weighted by Gasteiger charge is 2.59. The second-order valence-electron chi connectivity index (χ2n) is 5.87. The number of allylic oxidation sites excluding steroid dienone is 2. The molecule has 1 N–H and O–H groups in total. The molecule has 5 heteroatoms. The monoisotopic (exact) mass is 283 g/mol. The molecule has 1 saturated heterocycles. The van der Waals surface area contributed by atoms with Gasteiger partial charge in [-0.05, 0) is 36.5 Å². The summed E-state index contributed by atoms with van der Waals surface area (Å²) in [5, 5.41) is 9.04. The zero-order valence-electron chi connectivity index (χ0n) is 11.1. The molecule has 106 valence electrons. The third-order valence-electron chi connectivity index (χ3n) is 4.82. The van der Waals surface area contributed by atoms with E-state index in [1.807, 2.05) is 12.2 Å². The summed E-state index contributed by atoms with van der Waals surface area (Å²) in [6.07, 6.45) is 4.96. The molecule has 3 aliphatic rings. The summed E-state index contributed by atoms with van der Waals surface area (Å²) >= 11 is 0. The van der Waals surface area contributed by atoms with Crippen LogP contribution in [0.5, 0.6) is 0 Å². The van der Waals surface area contributed by atoms with Crippen molar-refractivity contribution in [2.45, 2.75) is 6.42 Å². The van der Waals surface area contributed by atoms with Gasteiger partial charge in [-0.15, -0.1) is 0 Å². The maximum atomic E-state index is 12.6. The molecule has 2 fully saturated rings. The first-order valence-electron chi connectivity index (χ1n) is 6.97. The van der Waals surface area contributed by atoms with E-state index in [-0.39, 0.29) is 41.0 Å². The molecular formula is C16H13NO4. The largest absolute Gasteiger partial charge is 0.478 e. The van der Waals surface area contributed by atoms with Crippen molar-refractivity contribution in [3.63, 3.8) is 0 Å². The highest BCUT2D eigenvalue weighted by molar-refractivity contribution is 6.23. The SMILES string of the molecule is O=C(O)c1cccc(N2C(=O)[C@@H]3[C@H](C2=O)[C@@H]2C=C[C@H]3C2)c1. The molecular weight excluding hydrogens is 270 g/mol. The predicted octanol–water partition coefficient (Wildman–Crippen LogP) is 1.70. The van der Waals surface area contributed by atoms with Crippen LogP contribution >= 0.6 is 0 Å². The van der Waals surface area contributed by atoms with E-state index in [9.17, 15) is 14.4 Å². The van der Waals surface area contributed by atoms with Crippen LogP contribution in [0.15, 0.2) is 36.4 Å². The number of hydrogen-bond acceptors (Lipinski definition) is 3. The smallest absolute Gasteiger partial charge is 0.335 e. The summed E-state index contributed by atoms with van der Waals surface area (Å²) in [6.45, 7) is 0. The molecule has 21 heavy (non-hydrogen) atoms. The first kappa shape index (κ1) is 12.3. The van der Waals surface area contributed by atoms with Crippen LogP contribution in [0, 0.1) is 23.7 Å². The molecule has 1 heterocycles. The van der Waals surface area contributed by atoms with Gasteiger partial charge in [0.15, 0.2) is 0 Å². The van der Waals surface area contributed by atoms with Crippen LogP contribution in [0.2, 0.25) is 0 Å². The summed E-state index contributed by atoms with van der Waals surface area (Å²) in [5.74, 6) is -1.66. The Bertz CT molecular complexity index is 678. The fraction of sp³-hybridized carbons (Fsp3) is 0.312. The summed E-state index contributed by atoms with van der Waals surface area (Å²) in [4.78, 5) is 37.4. The van der Waals surface area contributed by atoms with E-state index in [1.54, 1.807) is 12.1 Å². The van der Waals surface area contributed by atoms with Gasteiger partial charge >= 0.3 is 5.97 Å². The van der Waals surface area contributed by atoms with Crippen molar-refractivity contribution in [1.82, 2.24) is 0 Å². The second kappa shape index (κ2) is 4.04. The van der Waals surface area contributed by atoms with E-state index < -0.39 is 5.97 Å². The first-order chi connectivity index (χ1) is 10.1. The van der Waals surface area contributed by atoms with Crippen molar-refractivity contribution < 1.29 is 19.5 Å². The van der Waals surface area contributed by atoms with Gasteiger partial charge in [-0.3, -0.25) is 9.59 Å². The Morgan fingerprint density at radius 3 is 2.29 bits per heavy atom. The van der Waals surface area contributed by atoms with Gasteiger partial charge in [0, 0.05) is 0 Å². The maximum absolute atomic E-state index is 12.6. The molecule has 1 aromatic carbocycles. The van der Waals surface area contributed by atoms with E-state index >= 15 is 0 Å². The van der Waals surface area contributed by atoms with Gasteiger partial charge in [0.1, 0.15) is 0 Å². The van der Waals surface area contributed by atoms with E-state index in [2.05, 4.69) is 0 Å².